The molecule has 5 nitrogen and oxygen atoms in total. The third kappa shape index (κ3) is 5.48. The molecule has 3 rings (SSSR count). The van der Waals surface area contributed by atoms with Gasteiger partial charge in [-0.05, 0) is 50.6 Å². The van der Waals surface area contributed by atoms with E-state index in [0.29, 0.717) is 16.1 Å². The van der Waals surface area contributed by atoms with E-state index >= 15 is 0 Å². The highest BCUT2D eigenvalue weighted by Gasteiger charge is 2.24. The van der Waals surface area contributed by atoms with Crippen molar-refractivity contribution in [3.05, 3.63) is 22.3 Å². The Morgan fingerprint density at radius 1 is 1.19 bits per heavy atom. The Morgan fingerprint density at radius 3 is 2.50 bits per heavy atom. The van der Waals surface area contributed by atoms with Crippen LogP contribution in [-0.2, 0) is 4.79 Å². The fraction of sp³-hybridized carbons (Fsp3) is 0.684. The smallest absolute Gasteiger partial charge is 0.217 e. The lowest BCUT2D eigenvalue weighted by Gasteiger charge is -2.37. The van der Waals surface area contributed by atoms with Gasteiger partial charge >= 0.3 is 0 Å². The number of anilines is 1. The third-order valence-electron chi connectivity index (χ3n) is 5.57. The Bertz CT molecular complexity index is 612. The zero-order valence-corrected chi connectivity index (χ0v) is 16.9. The van der Waals surface area contributed by atoms with E-state index in [9.17, 15) is 4.79 Å². The second-order valence-electron chi connectivity index (χ2n) is 7.49. The van der Waals surface area contributed by atoms with Gasteiger partial charge in [-0.15, -0.1) is 0 Å². The van der Waals surface area contributed by atoms with Crippen molar-refractivity contribution in [2.75, 3.05) is 37.6 Å². The van der Waals surface area contributed by atoms with Crippen molar-refractivity contribution in [1.82, 2.24) is 15.2 Å². The Labute approximate surface area is 166 Å². The fourth-order valence-corrected chi connectivity index (χ4v) is 4.57. The minimum absolute atomic E-state index is 0.0987. The predicted octanol–water partition coefficient (Wildman–Crippen LogP) is 3.60. The summed E-state index contributed by atoms with van der Waals surface area (Å²) in [6.45, 7) is 6.75. The Balaban J connectivity index is 1.38. The number of nitrogens with one attached hydrogen (secondary N) is 1. The van der Waals surface area contributed by atoms with E-state index in [1.165, 1.54) is 19.3 Å². The topological polar surface area (TPSA) is 48.5 Å². The lowest BCUT2D eigenvalue weighted by Crippen LogP contribution is -2.47. The monoisotopic (exact) mass is 398 g/mol. The average Bonchev–Trinajstić information content (AvgIpc) is 2.61. The number of nitrogens with zero attached hydrogens (tertiary/aromatic N) is 3. The highest BCUT2D eigenvalue weighted by atomic mass is 35.5. The van der Waals surface area contributed by atoms with Crippen molar-refractivity contribution < 1.29 is 4.79 Å². The summed E-state index contributed by atoms with van der Waals surface area (Å²) in [6.07, 6.45) is 7.63. The molecule has 26 heavy (non-hydrogen) atoms. The molecule has 0 radical (unpaired) electrons. The van der Waals surface area contributed by atoms with Gasteiger partial charge in [0.15, 0.2) is 0 Å². The normalized spacial score (nSPS) is 24.5. The molecule has 1 aliphatic carbocycles. The minimum Gasteiger partial charge on any atom is -0.354 e. The summed E-state index contributed by atoms with van der Waals surface area (Å²) in [5.41, 5.74) is 0. The summed E-state index contributed by atoms with van der Waals surface area (Å²) in [5, 5.41) is 4.26. The zero-order valence-electron chi connectivity index (χ0n) is 15.4. The molecule has 0 bridgehead atoms. The molecule has 1 aromatic heterocycles. The van der Waals surface area contributed by atoms with Crippen LogP contribution in [0.4, 0.5) is 5.82 Å². The molecule has 0 atom stereocenters. The number of piperazine rings is 1. The van der Waals surface area contributed by atoms with Crippen molar-refractivity contribution >= 4 is 34.9 Å². The summed E-state index contributed by atoms with van der Waals surface area (Å²) in [7, 11) is 0. The molecule has 7 heteroatoms. The van der Waals surface area contributed by atoms with Gasteiger partial charge in [0.05, 0.1) is 10.0 Å². The second-order valence-corrected chi connectivity index (χ2v) is 8.34. The number of aromatic nitrogens is 1. The molecule has 1 N–H and O–H groups in total. The Hall–Kier alpha value is -1.04. The van der Waals surface area contributed by atoms with Gasteiger partial charge in [-0.1, -0.05) is 23.2 Å². The Kier molecular flexibility index (Phi) is 7.01. The Morgan fingerprint density at radius 2 is 1.88 bits per heavy atom. The molecule has 1 saturated carbocycles. The van der Waals surface area contributed by atoms with E-state index in [0.717, 1.165) is 57.3 Å². The number of hydrogen-bond acceptors (Lipinski definition) is 4. The number of carbonyl (C=O) groups is 1. The number of halogens is 2. The molecular formula is C19H28Cl2N4O. The number of rotatable bonds is 5. The van der Waals surface area contributed by atoms with E-state index in [1.807, 2.05) is 0 Å². The number of pyridine rings is 1. The molecule has 0 unspecified atom stereocenters. The van der Waals surface area contributed by atoms with Crippen LogP contribution in [0.25, 0.3) is 0 Å². The molecule has 1 aliphatic heterocycles. The number of amides is 1. The fourth-order valence-electron chi connectivity index (χ4n) is 4.07. The van der Waals surface area contributed by atoms with E-state index in [4.69, 9.17) is 23.2 Å². The van der Waals surface area contributed by atoms with Crippen LogP contribution in [-0.4, -0.2) is 54.6 Å². The van der Waals surface area contributed by atoms with Gasteiger partial charge in [-0.3, -0.25) is 9.69 Å². The molecule has 1 saturated heterocycles. The maximum Gasteiger partial charge on any atom is 0.217 e. The van der Waals surface area contributed by atoms with Gasteiger partial charge in [0.25, 0.3) is 0 Å². The van der Waals surface area contributed by atoms with Crippen LogP contribution in [0.2, 0.25) is 10.0 Å². The second kappa shape index (κ2) is 9.25. The lowest BCUT2D eigenvalue weighted by molar-refractivity contribution is -0.119. The average molecular weight is 399 g/mol. The van der Waals surface area contributed by atoms with Gasteiger partial charge in [0.2, 0.25) is 5.91 Å². The van der Waals surface area contributed by atoms with Gasteiger partial charge in [0, 0.05) is 45.3 Å². The van der Waals surface area contributed by atoms with E-state index < -0.39 is 0 Å². The van der Waals surface area contributed by atoms with Crippen molar-refractivity contribution in [3.63, 3.8) is 0 Å². The maximum atomic E-state index is 11.2. The van der Waals surface area contributed by atoms with Crippen LogP contribution in [0.15, 0.2) is 12.3 Å². The largest absolute Gasteiger partial charge is 0.354 e. The molecular weight excluding hydrogens is 371 g/mol. The first-order valence-electron chi connectivity index (χ1n) is 9.56. The van der Waals surface area contributed by atoms with Crippen LogP contribution in [0.1, 0.15) is 39.0 Å². The molecule has 0 aromatic carbocycles. The highest BCUT2D eigenvalue weighted by Crippen LogP contribution is 2.29. The maximum absolute atomic E-state index is 11.2. The van der Waals surface area contributed by atoms with Crippen LogP contribution in [0, 0.1) is 5.92 Å². The van der Waals surface area contributed by atoms with E-state index in [-0.39, 0.29) is 5.91 Å². The third-order valence-corrected chi connectivity index (χ3v) is 6.05. The summed E-state index contributed by atoms with van der Waals surface area (Å²) in [5.74, 6) is 1.74. The van der Waals surface area contributed by atoms with Crippen molar-refractivity contribution in [2.24, 2.45) is 5.92 Å². The number of hydrogen-bond donors (Lipinski definition) is 1. The predicted molar refractivity (Wildman–Crippen MR) is 107 cm³/mol. The van der Waals surface area contributed by atoms with Gasteiger partial charge < -0.3 is 10.2 Å². The zero-order chi connectivity index (χ0) is 18.5. The first-order valence-corrected chi connectivity index (χ1v) is 10.3. The van der Waals surface area contributed by atoms with Gasteiger partial charge in [-0.2, -0.15) is 0 Å². The van der Waals surface area contributed by atoms with Crippen LogP contribution in [0.5, 0.6) is 0 Å². The molecule has 2 heterocycles. The molecule has 0 spiro atoms. The van der Waals surface area contributed by atoms with E-state index in [1.54, 1.807) is 19.2 Å². The summed E-state index contributed by atoms with van der Waals surface area (Å²) >= 11 is 12.2. The van der Waals surface area contributed by atoms with Crippen molar-refractivity contribution in [2.45, 2.75) is 45.1 Å². The molecule has 2 aliphatic rings. The van der Waals surface area contributed by atoms with Crippen LogP contribution < -0.4 is 10.2 Å². The first kappa shape index (κ1) is 19.7. The quantitative estimate of drug-likeness (QED) is 0.822. The van der Waals surface area contributed by atoms with Gasteiger partial charge in [0.1, 0.15) is 5.82 Å². The summed E-state index contributed by atoms with van der Waals surface area (Å²) in [6, 6.07) is 2.15. The molecule has 2 fully saturated rings. The first-order chi connectivity index (χ1) is 12.5. The highest BCUT2D eigenvalue weighted by molar-refractivity contribution is 6.36. The summed E-state index contributed by atoms with van der Waals surface area (Å²) < 4.78 is 0. The van der Waals surface area contributed by atoms with Crippen LogP contribution in [0.3, 0.4) is 0 Å². The van der Waals surface area contributed by atoms with E-state index in [2.05, 4.69) is 20.1 Å². The molecule has 1 amide bonds. The minimum atomic E-state index is 0.0987. The summed E-state index contributed by atoms with van der Waals surface area (Å²) in [4.78, 5) is 20.3. The lowest BCUT2D eigenvalue weighted by atomic mass is 9.84. The molecule has 1 aromatic rings. The van der Waals surface area contributed by atoms with Crippen LogP contribution >= 0.6 is 23.2 Å². The van der Waals surface area contributed by atoms with Gasteiger partial charge in [-0.25, -0.2) is 4.98 Å². The SMILES string of the molecule is CC(=O)NC1CCC(CCN2CCN(c3ncc(Cl)cc3Cl)CC2)CC1. The van der Waals surface area contributed by atoms with Crippen molar-refractivity contribution in [3.8, 4) is 0 Å². The molecule has 144 valence electrons. The van der Waals surface area contributed by atoms with Crippen molar-refractivity contribution in [1.29, 1.82) is 0 Å². The standard InChI is InChI=1S/C19H28Cl2N4O/c1-14(26)23-17-4-2-15(3-5-17)6-7-24-8-10-25(11-9-24)19-18(21)12-16(20)13-22-19/h12-13,15,17H,2-11H2,1H3,(H,23,26). The number of carbonyl (C=O) groups excluding carboxylic acids is 1.